The van der Waals surface area contributed by atoms with Crippen molar-refractivity contribution in [2.45, 2.75) is 37.4 Å². The van der Waals surface area contributed by atoms with E-state index in [0.717, 1.165) is 34.5 Å². The van der Waals surface area contributed by atoms with Gasteiger partial charge in [0.25, 0.3) is 5.91 Å². The number of piperazine rings is 1. The van der Waals surface area contributed by atoms with Gasteiger partial charge in [-0.25, -0.2) is 0 Å². The standard InChI is InChI=1S/C20H24N4O2S/c1-23-6-7-24(18(25)11-23)19-9-13-8-12(2-5-17(13)27-19)20(26)22-16-10-14-3-4-15(16)21-14/h2,5,8-9,14-16,21H,3-4,6-7,10-11H2,1H3,(H,22,26)/t14-,15+,16-/m1/s1. The third-order valence-corrected chi connectivity index (χ3v) is 7.20. The molecule has 7 heteroatoms. The molecule has 0 spiro atoms. The van der Waals surface area contributed by atoms with Crippen LogP contribution in [0.1, 0.15) is 29.6 Å². The second-order valence-corrected chi connectivity index (χ2v) is 9.05. The fraction of sp³-hybridized carbons (Fsp3) is 0.500. The third-order valence-electron chi connectivity index (χ3n) is 6.06. The van der Waals surface area contributed by atoms with Crippen LogP contribution in [0.4, 0.5) is 5.00 Å². The van der Waals surface area contributed by atoms with Gasteiger partial charge in [-0.1, -0.05) is 0 Å². The summed E-state index contributed by atoms with van der Waals surface area (Å²) in [7, 11) is 1.97. The number of thiophene rings is 1. The summed E-state index contributed by atoms with van der Waals surface area (Å²) in [6, 6.07) is 9.13. The van der Waals surface area contributed by atoms with E-state index in [0.29, 0.717) is 30.7 Å². The van der Waals surface area contributed by atoms with Crippen LogP contribution in [0.5, 0.6) is 0 Å². The van der Waals surface area contributed by atoms with Crippen LogP contribution in [-0.2, 0) is 4.79 Å². The number of carbonyl (C=O) groups excluding carboxylic acids is 2. The first-order valence-corrected chi connectivity index (χ1v) is 10.5. The van der Waals surface area contributed by atoms with Gasteiger partial charge in [-0.3, -0.25) is 14.5 Å². The van der Waals surface area contributed by atoms with Gasteiger partial charge in [0.2, 0.25) is 5.91 Å². The average molecular weight is 385 g/mol. The van der Waals surface area contributed by atoms with Crippen LogP contribution < -0.4 is 15.5 Å². The Morgan fingerprint density at radius 1 is 1.26 bits per heavy atom. The van der Waals surface area contributed by atoms with Gasteiger partial charge in [-0.2, -0.15) is 0 Å². The number of amides is 2. The van der Waals surface area contributed by atoms with E-state index in [1.807, 2.05) is 41.1 Å². The van der Waals surface area contributed by atoms with E-state index >= 15 is 0 Å². The van der Waals surface area contributed by atoms with Crippen molar-refractivity contribution in [2.75, 3.05) is 31.6 Å². The molecule has 3 saturated heterocycles. The van der Waals surface area contributed by atoms with Gasteiger partial charge in [0, 0.05) is 41.5 Å². The highest BCUT2D eigenvalue weighted by Gasteiger charge is 2.39. The third kappa shape index (κ3) is 3.13. The zero-order chi connectivity index (χ0) is 18.5. The largest absolute Gasteiger partial charge is 0.348 e. The Balaban J connectivity index is 1.34. The summed E-state index contributed by atoms with van der Waals surface area (Å²) >= 11 is 1.62. The lowest BCUT2D eigenvalue weighted by atomic mass is 9.95. The van der Waals surface area contributed by atoms with Crippen LogP contribution in [0.3, 0.4) is 0 Å². The lowest BCUT2D eigenvalue weighted by Crippen LogP contribution is -2.48. The van der Waals surface area contributed by atoms with Crippen LogP contribution in [0.2, 0.25) is 0 Å². The van der Waals surface area contributed by atoms with Crippen LogP contribution >= 0.6 is 11.3 Å². The monoisotopic (exact) mass is 384 g/mol. The molecule has 1 aromatic heterocycles. The first-order valence-electron chi connectivity index (χ1n) is 9.66. The molecule has 0 radical (unpaired) electrons. The number of nitrogens with one attached hydrogen (secondary N) is 2. The van der Waals surface area contributed by atoms with Crippen molar-refractivity contribution in [3.8, 4) is 0 Å². The number of nitrogens with zero attached hydrogens (tertiary/aromatic N) is 2. The zero-order valence-corrected chi connectivity index (χ0v) is 16.2. The molecule has 0 unspecified atom stereocenters. The number of carbonyl (C=O) groups is 2. The molecule has 3 fully saturated rings. The molecular formula is C20H24N4O2S. The van der Waals surface area contributed by atoms with E-state index in [9.17, 15) is 9.59 Å². The molecule has 2 bridgehead atoms. The van der Waals surface area contributed by atoms with Crippen molar-refractivity contribution in [2.24, 2.45) is 0 Å². The van der Waals surface area contributed by atoms with Crippen molar-refractivity contribution in [3.05, 3.63) is 29.8 Å². The summed E-state index contributed by atoms with van der Waals surface area (Å²) in [5.41, 5.74) is 0.694. The quantitative estimate of drug-likeness (QED) is 0.847. The maximum absolute atomic E-state index is 12.7. The first-order chi connectivity index (χ1) is 13.1. The first kappa shape index (κ1) is 17.2. The molecular weight excluding hydrogens is 360 g/mol. The molecule has 6 nitrogen and oxygen atoms in total. The van der Waals surface area contributed by atoms with E-state index < -0.39 is 0 Å². The van der Waals surface area contributed by atoms with Gasteiger partial charge in [0.1, 0.15) is 0 Å². The maximum atomic E-state index is 12.7. The molecule has 4 heterocycles. The van der Waals surface area contributed by atoms with Gasteiger partial charge < -0.3 is 15.5 Å². The van der Waals surface area contributed by atoms with E-state index in [-0.39, 0.29) is 17.9 Å². The second-order valence-electron chi connectivity index (χ2n) is 7.98. The SMILES string of the molecule is CN1CCN(c2cc3cc(C(=O)N[C@@H]4C[C@H]5CC[C@@H]4N5)ccc3s2)C(=O)C1. The minimum atomic E-state index is -0.000302. The van der Waals surface area contributed by atoms with Crippen molar-refractivity contribution >= 4 is 38.2 Å². The summed E-state index contributed by atoms with van der Waals surface area (Å²) in [5.74, 6) is 0.136. The van der Waals surface area contributed by atoms with E-state index in [1.54, 1.807) is 11.3 Å². The normalized spacial score (nSPS) is 28.3. The lowest BCUT2D eigenvalue weighted by molar-refractivity contribution is -0.120. The highest BCUT2D eigenvalue weighted by atomic mass is 32.1. The molecule has 3 atom stereocenters. The Kier molecular flexibility index (Phi) is 4.18. The van der Waals surface area contributed by atoms with Gasteiger partial charge in [-0.05, 0) is 56.0 Å². The molecule has 3 aliphatic rings. The van der Waals surface area contributed by atoms with Crippen LogP contribution in [-0.4, -0.2) is 61.5 Å². The van der Waals surface area contributed by atoms with Gasteiger partial charge >= 0.3 is 0 Å². The smallest absolute Gasteiger partial charge is 0.251 e. The Hall–Kier alpha value is -1.96. The van der Waals surface area contributed by atoms with Crippen LogP contribution in [0.25, 0.3) is 10.1 Å². The highest BCUT2D eigenvalue weighted by Crippen LogP contribution is 2.34. The predicted octanol–water partition coefficient (Wildman–Crippen LogP) is 1.80. The number of hydrogen-bond donors (Lipinski definition) is 2. The van der Waals surface area contributed by atoms with E-state index in [4.69, 9.17) is 0 Å². The van der Waals surface area contributed by atoms with Crippen LogP contribution in [0, 0.1) is 0 Å². The van der Waals surface area contributed by atoms with Crippen LogP contribution in [0.15, 0.2) is 24.3 Å². The molecule has 0 aliphatic carbocycles. The molecule has 2 amide bonds. The minimum absolute atomic E-state index is 0.000302. The highest BCUT2D eigenvalue weighted by molar-refractivity contribution is 7.23. The van der Waals surface area contributed by atoms with Crippen molar-refractivity contribution < 1.29 is 9.59 Å². The summed E-state index contributed by atoms with van der Waals surface area (Å²) < 4.78 is 1.11. The number of hydrogen-bond acceptors (Lipinski definition) is 5. The number of anilines is 1. The number of fused-ring (bicyclic) bond motifs is 3. The number of likely N-dealkylation sites (N-methyl/N-ethyl adjacent to an activating group) is 1. The summed E-state index contributed by atoms with van der Waals surface area (Å²) in [6.45, 7) is 2.05. The van der Waals surface area contributed by atoms with Crippen molar-refractivity contribution in [1.29, 1.82) is 0 Å². The second kappa shape index (κ2) is 6.58. The van der Waals surface area contributed by atoms with E-state index in [2.05, 4.69) is 10.6 Å². The van der Waals surface area contributed by atoms with Gasteiger partial charge in [0.05, 0.1) is 11.5 Å². The summed E-state index contributed by atoms with van der Waals surface area (Å²) in [4.78, 5) is 29.0. The Bertz CT molecular complexity index is 911. The molecule has 3 aliphatic heterocycles. The Morgan fingerprint density at radius 2 is 2.15 bits per heavy atom. The average Bonchev–Trinajstić information content (AvgIpc) is 3.35. The minimum Gasteiger partial charge on any atom is -0.348 e. The fourth-order valence-electron chi connectivity index (χ4n) is 4.56. The number of benzene rings is 1. The summed E-state index contributed by atoms with van der Waals surface area (Å²) in [5, 5.41) is 8.76. The molecule has 142 valence electrons. The Morgan fingerprint density at radius 3 is 2.89 bits per heavy atom. The maximum Gasteiger partial charge on any atom is 0.251 e. The fourth-order valence-corrected chi connectivity index (χ4v) is 5.65. The molecule has 2 N–H and O–H groups in total. The molecule has 0 saturated carbocycles. The van der Waals surface area contributed by atoms with Crippen molar-refractivity contribution in [1.82, 2.24) is 15.5 Å². The molecule has 1 aromatic carbocycles. The summed E-state index contributed by atoms with van der Waals surface area (Å²) in [6.07, 6.45) is 3.42. The topological polar surface area (TPSA) is 64.7 Å². The predicted molar refractivity (Wildman–Crippen MR) is 107 cm³/mol. The van der Waals surface area contributed by atoms with Gasteiger partial charge in [0.15, 0.2) is 0 Å². The molecule has 27 heavy (non-hydrogen) atoms. The zero-order valence-electron chi connectivity index (χ0n) is 15.4. The number of rotatable bonds is 3. The molecule has 2 aromatic rings. The Labute approximate surface area is 162 Å². The van der Waals surface area contributed by atoms with Gasteiger partial charge in [-0.15, -0.1) is 11.3 Å². The lowest BCUT2D eigenvalue weighted by Gasteiger charge is -2.30. The van der Waals surface area contributed by atoms with Crippen molar-refractivity contribution in [3.63, 3.8) is 0 Å². The molecule has 5 rings (SSSR count). The van der Waals surface area contributed by atoms with E-state index in [1.165, 1.54) is 6.42 Å².